The highest BCUT2D eigenvalue weighted by molar-refractivity contribution is 6.34. The van der Waals surface area contributed by atoms with E-state index >= 15 is 0 Å². The van der Waals surface area contributed by atoms with Crippen molar-refractivity contribution in [3.05, 3.63) is 99.6 Å². The van der Waals surface area contributed by atoms with Crippen molar-refractivity contribution >= 4 is 35.2 Å². The Balaban J connectivity index is 2.07. The van der Waals surface area contributed by atoms with Crippen LogP contribution < -0.4 is 10.6 Å². The highest BCUT2D eigenvalue weighted by Gasteiger charge is 2.37. The number of terminal acetylenes is 1. The van der Waals surface area contributed by atoms with Crippen LogP contribution in [-0.4, -0.2) is 34.5 Å². The minimum atomic E-state index is -1.22. The van der Waals surface area contributed by atoms with Gasteiger partial charge in [0.2, 0.25) is 0 Å². The van der Waals surface area contributed by atoms with Crippen LogP contribution in [0.25, 0.3) is 0 Å². The van der Waals surface area contributed by atoms with Crippen molar-refractivity contribution in [2.45, 2.75) is 65.6 Å². The van der Waals surface area contributed by atoms with Crippen molar-refractivity contribution in [3.63, 3.8) is 0 Å². The number of halogens is 1. The van der Waals surface area contributed by atoms with Crippen LogP contribution in [-0.2, 0) is 20.7 Å². The third-order valence-corrected chi connectivity index (χ3v) is 6.66. The zero-order chi connectivity index (χ0) is 30.3. The van der Waals surface area contributed by atoms with E-state index in [0.29, 0.717) is 16.3 Å². The Morgan fingerprint density at radius 3 is 2.24 bits per heavy atom. The smallest absolute Gasteiger partial charge is 0.408 e. The number of amides is 3. The van der Waals surface area contributed by atoms with E-state index in [1.165, 1.54) is 0 Å². The van der Waals surface area contributed by atoms with Crippen molar-refractivity contribution in [2.75, 3.05) is 5.32 Å². The van der Waals surface area contributed by atoms with Crippen molar-refractivity contribution in [1.82, 2.24) is 10.2 Å². The van der Waals surface area contributed by atoms with Gasteiger partial charge in [-0.1, -0.05) is 84.3 Å². The number of carbonyl (C=O) groups is 3. The molecular weight excluding hydrogens is 538 g/mol. The second-order valence-corrected chi connectivity index (χ2v) is 11.3. The van der Waals surface area contributed by atoms with Crippen LogP contribution >= 0.6 is 11.6 Å². The van der Waals surface area contributed by atoms with Gasteiger partial charge in [-0.25, -0.2) is 4.79 Å². The number of carbonyl (C=O) groups excluding carboxylic acids is 3. The van der Waals surface area contributed by atoms with Gasteiger partial charge in [0, 0.05) is 12.5 Å². The molecule has 41 heavy (non-hydrogen) atoms. The molecule has 3 aromatic rings. The molecule has 2 N–H and O–H groups in total. The van der Waals surface area contributed by atoms with Gasteiger partial charge in [-0.3, -0.25) is 14.5 Å². The van der Waals surface area contributed by atoms with E-state index in [1.54, 1.807) is 39.0 Å². The second-order valence-electron chi connectivity index (χ2n) is 10.9. The van der Waals surface area contributed by atoms with E-state index in [9.17, 15) is 14.4 Å². The quantitative estimate of drug-likeness (QED) is 0.238. The lowest BCUT2D eigenvalue weighted by atomic mass is 9.96. The largest absolute Gasteiger partial charge is 0.444 e. The molecule has 0 heterocycles. The van der Waals surface area contributed by atoms with Gasteiger partial charge in [0.25, 0.3) is 11.8 Å². The van der Waals surface area contributed by atoms with Crippen LogP contribution in [0.3, 0.4) is 0 Å². The Bertz CT molecular complexity index is 1440. The Morgan fingerprint density at radius 1 is 0.976 bits per heavy atom. The minimum absolute atomic E-state index is 0.127. The number of aryl methyl sites for hydroxylation is 3. The number of nitrogens with zero attached hydrogens (tertiary/aromatic N) is 1. The average Bonchev–Trinajstić information content (AvgIpc) is 2.88. The fraction of sp³-hybridized carbons (Fsp3) is 0.303. The van der Waals surface area contributed by atoms with E-state index in [2.05, 4.69) is 16.7 Å². The third kappa shape index (κ3) is 8.36. The number of anilines is 1. The SMILES string of the molecule is C#CN(C(=O)C(Cc1ccccc1)NC(=O)OC(C)(C)C)C(C(=O)Nc1c(C)cccc1Cl)c1ccc(C)cc1C. The molecule has 0 aromatic heterocycles. The van der Waals surface area contributed by atoms with Crippen LogP contribution in [0.5, 0.6) is 0 Å². The van der Waals surface area contributed by atoms with Gasteiger partial charge in [0.05, 0.1) is 10.7 Å². The first kappa shape index (κ1) is 31.3. The molecule has 0 aliphatic heterocycles. The number of hydrogen-bond acceptors (Lipinski definition) is 4. The molecule has 3 rings (SSSR count). The number of alkyl carbamates (subject to hydrolysis) is 1. The lowest BCUT2D eigenvalue weighted by molar-refractivity contribution is -0.136. The van der Waals surface area contributed by atoms with Gasteiger partial charge >= 0.3 is 6.09 Å². The molecule has 2 atom stereocenters. The fourth-order valence-corrected chi connectivity index (χ4v) is 4.71. The topological polar surface area (TPSA) is 87.7 Å². The number of nitrogens with one attached hydrogen (secondary N) is 2. The molecular formula is C33H36ClN3O4. The van der Waals surface area contributed by atoms with Gasteiger partial charge in [-0.2, -0.15) is 0 Å². The Morgan fingerprint density at radius 2 is 1.66 bits per heavy atom. The molecule has 0 aliphatic carbocycles. The summed E-state index contributed by atoms with van der Waals surface area (Å²) in [5.41, 5.74) is 3.47. The summed E-state index contributed by atoms with van der Waals surface area (Å²) in [6, 6.07) is 20.1. The van der Waals surface area contributed by atoms with Crippen LogP contribution in [0.1, 0.15) is 54.6 Å². The minimum Gasteiger partial charge on any atom is -0.444 e. The summed E-state index contributed by atoms with van der Waals surface area (Å²) in [5.74, 6) is -1.19. The third-order valence-electron chi connectivity index (χ3n) is 6.34. The van der Waals surface area contributed by atoms with Crippen molar-refractivity contribution in [1.29, 1.82) is 0 Å². The summed E-state index contributed by atoms with van der Waals surface area (Å²) in [5, 5.41) is 5.90. The van der Waals surface area contributed by atoms with E-state index in [4.69, 9.17) is 22.8 Å². The molecule has 0 radical (unpaired) electrons. The van der Waals surface area contributed by atoms with Crippen LogP contribution in [0, 0.1) is 33.2 Å². The first-order valence-electron chi connectivity index (χ1n) is 13.3. The van der Waals surface area contributed by atoms with Crippen LogP contribution in [0.2, 0.25) is 5.02 Å². The molecule has 3 aromatic carbocycles. The Hall–Kier alpha value is -4.28. The van der Waals surface area contributed by atoms with Crippen molar-refractivity contribution in [2.24, 2.45) is 0 Å². The summed E-state index contributed by atoms with van der Waals surface area (Å²) in [4.78, 5) is 42.0. The van der Waals surface area contributed by atoms with Crippen molar-refractivity contribution < 1.29 is 19.1 Å². The number of benzene rings is 3. The molecule has 0 bridgehead atoms. The van der Waals surface area contributed by atoms with Gasteiger partial charge in [0.1, 0.15) is 17.7 Å². The predicted octanol–water partition coefficient (Wildman–Crippen LogP) is 6.50. The van der Waals surface area contributed by atoms with E-state index in [0.717, 1.165) is 27.2 Å². The maximum Gasteiger partial charge on any atom is 0.408 e. The van der Waals surface area contributed by atoms with Crippen LogP contribution in [0.15, 0.2) is 66.7 Å². The summed E-state index contributed by atoms with van der Waals surface area (Å²) in [6.45, 7) is 10.8. The first-order valence-corrected chi connectivity index (χ1v) is 13.6. The molecule has 7 nitrogen and oxygen atoms in total. The zero-order valence-corrected chi connectivity index (χ0v) is 25.0. The summed E-state index contributed by atoms with van der Waals surface area (Å²) < 4.78 is 5.43. The van der Waals surface area contributed by atoms with Crippen molar-refractivity contribution in [3.8, 4) is 12.5 Å². The van der Waals surface area contributed by atoms with Gasteiger partial charge in [0.15, 0.2) is 0 Å². The molecule has 8 heteroatoms. The Labute approximate surface area is 247 Å². The van der Waals surface area contributed by atoms with Crippen LogP contribution in [0.4, 0.5) is 10.5 Å². The summed E-state index contributed by atoms with van der Waals surface area (Å²) in [6.07, 6.45) is 5.30. The maximum atomic E-state index is 14.2. The molecule has 214 valence electrons. The molecule has 2 unspecified atom stereocenters. The average molecular weight is 574 g/mol. The van der Waals surface area contributed by atoms with E-state index in [1.807, 2.05) is 69.3 Å². The van der Waals surface area contributed by atoms with Gasteiger partial charge < -0.3 is 15.4 Å². The fourth-order valence-electron chi connectivity index (χ4n) is 4.44. The van der Waals surface area contributed by atoms with Gasteiger partial charge in [-0.15, -0.1) is 0 Å². The van der Waals surface area contributed by atoms with Gasteiger partial charge in [-0.05, 0) is 69.9 Å². The van der Waals surface area contributed by atoms with E-state index in [-0.39, 0.29) is 6.42 Å². The molecule has 0 spiro atoms. The molecule has 0 saturated heterocycles. The zero-order valence-electron chi connectivity index (χ0n) is 24.2. The Kier molecular flexibility index (Phi) is 10.2. The predicted molar refractivity (Wildman–Crippen MR) is 162 cm³/mol. The molecule has 3 amide bonds. The highest BCUT2D eigenvalue weighted by atomic mass is 35.5. The highest BCUT2D eigenvalue weighted by Crippen LogP contribution is 2.31. The number of rotatable bonds is 8. The number of ether oxygens (including phenoxy) is 1. The molecule has 0 aliphatic rings. The normalized spacial score (nSPS) is 12.4. The second kappa shape index (κ2) is 13.4. The lowest BCUT2D eigenvalue weighted by Crippen LogP contribution is -2.52. The number of para-hydroxylation sites is 1. The maximum absolute atomic E-state index is 14.2. The molecule has 0 fully saturated rings. The monoisotopic (exact) mass is 573 g/mol. The number of hydrogen-bond donors (Lipinski definition) is 2. The molecule has 0 saturated carbocycles. The summed E-state index contributed by atoms with van der Waals surface area (Å²) in [7, 11) is 0. The van der Waals surface area contributed by atoms with E-state index < -0.39 is 35.6 Å². The lowest BCUT2D eigenvalue weighted by Gasteiger charge is -2.31. The summed E-state index contributed by atoms with van der Waals surface area (Å²) >= 11 is 6.41. The first-order chi connectivity index (χ1) is 19.3. The standard InChI is InChI=1S/C33H36ClN3O4/c1-8-37(31(39)27(20-24-14-10-9-11-15-24)35-32(40)41-33(5,6)7)29(25-18-17-21(2)19-23(25)4)30(38)36-28-22(3)13-12-16-26(28)34/h1,9-19,27,29H,20H2,2-7H3,(H,35,40)(H,36,38).